The number of nitrogens with one attached hydrogen (secondary N) is 1. The normalized spacial score (nSPS) is 13.3. The lowest BCUT2D eigenvalue weighted by atomic mass is 10.0. The van der Waals surface area contributed by atoms with Crippen molar-refractivity contribution in [2.45, 2.75) is 12.1 Å². The highest BCUT2D eigenvalue weighted by molar-refractivity contribution is 5.55. The lowest BCUT2D eigenvalue weighted by molar-refractivity contribution is 0.0794. The van der Waals surface area contributed by atoms with Gasteiger partial charge in [-0.15, -0.1) is 0 Å². The van der Waals surface area contributed by atoms with E-state index >= 15 is 0 Å². The second-order valence-corrected chi connectivity index (χ2v) is 4.88. The molecule has 2 aromatic rings. The highest BCUT2D eigenvalue weighted by atomic mass is 16.5. The van der Waals surface area contributed by atoms with Crippen molar-refractivity contribution >= 4 is 5.69 Å². The second kappa shape index (κ2) is 7.68. The van der Waals surface area contributed by atoms with Crippen LogP contribution >= 0.6 is 0 Å². The number of methoxy groups -OCH3 is 2. The lowest BCUT2D eigenvalue weighted by Crippen LogP contribution is -2.28. The maximum absolute atomic E-state index is 10.1. The quantitative estimate of drug-likeness (QED) is 0.731. The van der Waals surface area contributed by atoms with Gasteiger partial charge < -0.3 is 25.0 Å². The summed E-state index contributed by atoms with van der Waals surface area (Å²) in [6.45, 7) is -0.340. The third-order valence-electron chi connectivity index (χ3n) is 3.40. The topological polar surface area (TPSA) is 71.0 Å². The summed E-state index contributed by atoms with van der Waals surface area (Å²) in [5.74, 6) is 1.29. The predicted octanol–water partition coefficient (Wildman–Crippen LogP) is 2.21. The molecule has 0 aliphatic carbocycles. The molecule has 2 atom stereocenters. The molecule has 0 aliphatic rings. The second-order valence-electron chi connectivity index (χ2n) is 4.88. The Kier molecular flexibility index (Phi) is 5.63. The van der Waals surface area contributed by atoms with Crippen molar-refractivity contribution in [3.05, 3.63) is 54.1 Å². The molecular formula is C17H21NO4. The number of anilines is 1. The molecule has 3 N–H and O–H groups in total. The van der Waals surface area contributed by atoms with Crippen LogP contribution in [0.5, 0.6) is 11.5 Å². The molecule has 0 aromatic heterocycles. The van der Waals surface area contributed by atoms with Gasteiger partial charge in [0.1, 0.15) is 17.6 Å². The molecule has 2 rings (SSSR count). The Bertz CT molecular complexity index is 566. The van der Waals surface area contributed by atoms with E-state index in [2.05, 4.69) is 5.32 Å². The third-order valence-corrected chi connectivity index (χ3v) is 3.40. The number of rotatable bonds is 7. The Labute approximate surface area is 130 Å². The maximum atomic E-state index is 10.1. The third kappa shape index (κ3) is 3.90. The van der Waals surface area contributed by atoms with Crippen LogP contribution in [0, 0.1) is 0 Å². The zero-order valence-corrected chi connectivity index (χ0v) is 12.7. The van der Waals surface area contributed by atoms with Gasteiger partial charge in [-0.1, -0.05) is 30.3 Å². The van der Waals surface area contributed by atoms with E-state index < -0.39 is 12.1 Å². The van der Waals surface area contributed by atoms with E-state index in [4.69, 9.17) is 9.47 Å². The van der Waals surface area contributed by atoms with Gasteiger partial charge in [0, 0.05) is 23.9 Å². The molecule has 0 unspecified atom stereocenters. The number of ether oxygens (including phenoxy) is 2. The standard InChI is InChI=1S/C17H21NO4/c1-21-14-8-13(9-15(10-14)22-2)18-17(16(20)11-19)12-6-4-3-5-7-12/h3-10,16-20H,11H2,1-2H3/t16-,17+/m0/s1. The molecule has 2 aromatic carbocycles. The van der Waals surface area contributed by atoms with Crippen molar-refractivity contribution in [1.82, 2.24) is 0 Å². The van der Waals surface area contributed by atoms with Gasteiger partial charge in [0.15, 0.2) is 0 Å². The molecule has 0 amide bonds. The number of aliphatic hydroxyl groups excluding tert-OH is 2. The average molecular weight is 303 g/mol. The first-order chi connectivity index (χ1) is 10.7. The lowest BCUT2D eigenvalue weighted by Gasteiger charge is -2.25. The van der Waals surface area contributed by atoms with E-state index in [9.17, 15) is 10.2 Å². The monoisotopic (exact) mass is 303 g/mol. The van der Waals surface area contributed by atoms with E-state index in [0.717, 1.165) is 11.3 Å². The molecule has 0 fully saturated rings. The molecule has 0 saturated heterocycles. The SMILES string of the molecule is COc1cc(N[C@H](c2ccccc2)[C@@H](O)CO)cc(OC)c1. The molecule has 0 saturated carbocycles. The van der Waals surface area contributed by atoms with Crippen molar-refractivity contribution in [3.63, 3.8) is 0 Å². The number of hydrogen-bond acceptors (Lipinski definition) is 5. The largest absolute Gasteiger partial charge is 0.497 e. The molecular weight excluding hydrogens is 282 g/mol. The smallest absolute Gasteiger partial charge is 0.124 e. The summed E-state index contributed by atoms with van der Waals surface area (Å²) in [6.07, 6.45) is -0.931. The van der Waals surface area contributed by atoms with Crippen LogP contribution in [-0.2, 0) is 0 Å². The zero-order chi connectivity index (χ0) is 15.9. The van der Waals surface area contributed by atoms with Crippen LogP contribution in [0.3, 0.4) is 0 Å². The minimum Gasteiger partial charge on any atom is -0.497 e. The van der Waals surface area contributed by atoms with Crippen LogP contribution in [0.15, 0.2) is 48.5 Å². The summed E-state index contributed by atoms with van der Waals surface area (Å²) in [4.78, 5) is 0. The fraction of sp³-hybridized carbons (Fsp3) is 0.294. The minimum atomic E-state index is -0.931. The van der Waals surface area contributed by atoms with Crippen molar-refractivity contribution < 1.29 is 19.7 Å². The zero-order valence-electron chi connectivity index (χ0n) is 12.7. The van der Waals surface area contributed by atoms with Crippen LogP contribution in [-0.4, -0.2) is 37.1 Å². The predicted molar refractivity (Wildman–Crippen MR) is 85.4 cm³/mol. The molecule has 0 heterocycles. The molecule has 0 bridgehead atoms. The van der Waals surface area contributed by atoms with E-state index in [1.807, 2.05) is 42.5 Å². The van der Waals surface area contributed by atoms with Gasteiger partial charge >= 0.3 is 0 Å². The maximum Gasteiger partial charge on any atom is 0.124 e. The molecule has 5 heteroatoms. The fourth-order valence-electron chi connectivity index (χ4n) is 2.24. The first-order valence-corrected chi connectivity index (χ1v) is 7.01. The van der Waals surface area contributed by atoms with Gasteiger partial charge in [-0.05, 0) is 5.56 Å². The highest BCUT2D eigenvalue weighted by Crippen LogP contribution is 2.29. The van der Waals surface area contributed by atoms with Gasteiger partial charge in [-0.25, -0.2) is 0 Å². The van der Waals surface area contributed by atoms with E-state index in [-0.39, 0.29) is 6.61 Å². The molecule has 22 heavy (non-hydrogen) atoms. The van der Waals surface area contributed by atoms with E-state index in [0.29, 0.717) is 11.5 Å². The van der Waals surface area contributed by atoms with Crippen LogP contribution in [0.1, 0.15) is 11.6 Å². The molecule has 118 valence electrons. The summed E-state index contributed by atoms with van der Waals surface area (Å²) in [5.41, 5.74) is 1.61. The van der Waals surface area contributed by atoms with Gasteiger partial charge in [0.2, 0.25) is 0 Å². The molecule has 5 nitrogen and oxygen atoms in total. The number of hydrogen-bond donors (Lipinski definition) is 3. The number of benzene rings is 2. The minimum absolute atomic E-state index is 0.340. The van der Waals surface area contributed by atoms with Crippen LogP contribution in [0.2, 0.25) is 0 Å². The van der Waals surface area contributed by atoms with Crippen LogP contribution < -0.4 is 14.8 Å². The van der Waals surface area contributed by atoms with Crippen LogP contribution in [0.4, 0.5) is 5.69 Å². The highest BCUT2D eigenvalue weighted by Gasteiger charge is 2.20. The molecule has 0 spiro atoms. The Hall–Kier alpha value is -2.24. The van der Waals surface area contributed by atoms with Gasteiger partial charge in [-0.3, -0.25) is 0 Å². The first-order valence-electron chi connectivity index (χ1n) is 7.01. The van der Waals surface area contributed by atoms with Crippen molar-refractivity contribution in [1.29, 1.82) is 0 Å². The van der Waals surface area contributed by atoms with Crippen molar-refractivity contribution in [2.75, 3.05) is 26.1 Å². The summed E-state index contributed by atoms with van der Waals surface area (Å²) in [6, 6.07) is 14.4. The summed E-state index contributed by atoms with van der Waals surface area (Å²) < 4.78 is 10.5. The Morgan fingerprint density at radius 3 is 2.09 bits per heavy atom. The van der Waals surface area contributed by atoms with Gasteiger partial charge in [-0.2, -0.15) is 0 Å². The van der Waals surface area contributed by atoms with Crippen molar-refractivity contribution in [2.24, 2.45) is 0 Å². The van der Waals surface area contributed by atoms with E-state index in [1.54, 1.807) is 20.3 Å². The molecule has 0 radical (unpaired) electrons. The summed E-state index contributed by atoms with van der Waals surface area (Å²) in [7, 11) is 3.16. The summed E-state index contributed by atoms with van der Waals surface area (Å²) >= 11 is 0. The van der Waals surface area contributed by atoms with Gasteiger partial charge in [0.25, 0.3) is 0 Å². The van der Waals surface area contributed by atoms with E-state index in [1.165, 1.54) is 0 Å². The first kappa shape index (κ1) is 16.1. The Morgan fingerprint density at radius 2 is 1.59 bits per heavy atom. The summed E-state index contributed by atoms with van der Waals surface area (Å²) in [5, 5.41) is 22.6. The van der Waals surface area contributed by atoms with Crippen LogP contribution in [0.25, 0.3) is 0 Å². The Balaban J connectivity index is 2.31. The molecule has 0 aliphatic heterocycles. The average Bonchev–Trinajstić information content (AvgIpc) is 2.59. The number of aliphatic hydroxyl groups is 2. The Morgan fingerprint density at radius 1 is 1.00 bits per heavy atom. The van der Waals surface area contributed by atoms with Gasteiger partial charge in [0.05, 0.1) is 26.9 Å². The fourth-order valence-corrected chi connectivity index (χ4v) is 2.24. The van der Waals surface area contributed by atoms with Crippen molar-refractivity contribution in [3.8, 4) is 11.5 Å².